The van der Waals surface area contributed by atoms with Crippen molar-refractivity contribution in [3.63, 3.8) is 0 Å². The summed E-state index contributed by atoms with van der Waals surface area (Å²) in [6.45, 7) is 0. The molecule has 0 atom stereocenters. The molecule has 0 heterocycles. The fraction of sp³-hybridized carbons (Fsp3) is 0. The van der Waals surface area contributed by atoms with Gasteiger partial charge in [0.2, 0.25) is 10.4 Å². The Bertz CT molecular complexity index is 154. The van der Waals surface area contributed by atoms with E-state index in [1.807, 2.05) is 0 Å². The molecule has 0 aromatic carbocycles. The van der Waals surface area contributed by atoms with Gasteiger partial charge < -0.3 is 4.55 Å². The van der Waals surface area contributed by atoms with Gasteiger partial charge >= 0.3 is 29.6 Å². The molecule has 0 amide bonds. The Balaban J connectivity index is -0.0000000910. The van der Waals surface area contributed by atoms with Gasteiger partial charge in [-0.25, -0.2) is 8.42 Å². The number of rotatable bonds is 0. The third-order valence-electron chi connectivity index (χ3n) is 0. The molecule has 0 aliphatic rings. The summed E-state index contributed by atoms with van der Waals surface area (Å²) in [6.07, 6.45) is 0. The van der Waals surface area contributed by atoms with Crippen LogP contribution in [0.3, 0.4) is 0 Å². The predicted octanol–water partition coefficient (Wildman–Crippen LogP) is -4.31. The van der Waals surface area contributed by atoms with Gasteiger partial charge in [0, 0.05) is 0 Å². The topological polar surface area (TPSA) is 135 Å². The van der Waals surface area contributed by atoms with Crippen molar-refractivity contribution >= 4 is 21.8 Å². The minimum absolute atomic E-state index is 0. The molecule has 0 fully saturated rings. The van der Waals surface area contributed by atoms with Gasteiger partial charge in [-0.15, -0.1) is 0 Å². The summed E-state index contributed by atoms with van der Waals surface area (Å²) >= 11 is -2.61. The fourth-order valence-corrected chi connectivity index (χ4v) is 0. The van der Waals surface area contributed by atoms with Gasteiger partial charge in [-0.3, -0.25) is 13.7 Å². The summed E-state index contributed by atoms with van der Waals surface area (Å²) in [5.41, 5.74) is 0. The fourth-order valence-electron chi connectivity index (χ4n) is 0. The van der Waals surface area contributed by atoms with E-state index in [0.29, 0.717) is 0 Å². The van der Waals surface area contributed by atoms with Crippen molar-refractivity contribution in [2.24, 2.45) is 0 Å². The molecule has 0 bridgehead atoms. The van der Waals surface area contributed by atoms with Crippen LogP contribution in [-0.4, -0.2) is 30.8 Å². The molecule has 7 nitrogen and oxygen atoms in total. The van der Waals surface area contributed by atoms with Gasteiger partial charge in [0.15, 0.2) is 0 Å². The van der Waals surface area contributed by atoms with Crippen LogP contribution in [0.25, 0.3) is 0 Å². The summed E-state index contributed by atoms with van der Waals surface area (Å²) in [4.78, 5) is 0. The first kappa shape index (κ1) is 17.1. The summed E-state index contributed by atoms with van der Waals surface area (Å²) in [5, 5.41) is 0. The van der Waals surface area contributed by atoms with Crippen LogP contribution in [0.4, 0.5) is 0 Å². The van der Waals surface area contributed by atoms with Crippen LogP contribution in [0.15, 0.2) is 0 Å². The second-order valence-electron chi connectivity index (χ2n) is 0.658. The molecule has 0 unspecified atom stereocenters. The summed E-state index contributed by atoms with van der Waals surface area (Å²) in [7, 11) is -4.92. The Kier molecular flexibility index (Phi) is 13.8. The summed E-state index contributed by atoms with van der Waals surface area (Å²) < 4.78 is 55.7. The Morgan fingerprint density at radius 1 is 1.30 bits per heavy atom. The monoisotopic (exact) mass is 202 g/mol. The zero-order valence-corrected chi connectivity index (χ0v) is 8.42. The van der Waals surface area contributed by atoms with E-state index in [1.54, 1.807) is 0 Å². The summed E-state index contributed by atoms with van der Waals surface area (Å²) in [5.74, 6) is 0. The molecule has 3 N–H and O–H groups in total. The van der Waals surface area contributed by atoms with Crippen molar-refractivity contribution in [3.8, 4) is 0 Å². The van der Waals surface area contributed by atoms with E-state index in [4.69, 9.17) is 30.8 Å². The van der Waals surface area contributed by atoms with Gasteiger partial charge in [-0.1, -0.05) is 0 Å². The second kappa shape index (κ2) is 8.04. The standard InChI is InChI=1S/Na.H2O4S.H2O3S/c;1-5(2,3)4;1-4(2)3/h;(H2,1,2,3,4);(H2,1,2,3)/q+1;;/p-1. The van der Waals surface area contributed by atoms with Crippen LogP contribution in [0.1, 0.15) is 0 Å². The minimum atomic E-state index is -4.92. The Morgan fingerprint density at radius 2 is 1.30 bits per heavy atom. The molecule has 0 spiro atoms. The first-order chi connectivity index (χ1) is 3.73. The van der Waals surface area contributed by atoms with Crippen LogP contribution < -0.4 is 29.6 Å². The Hall–Kier alpha value is 0.940. The SMILES string of the molecule is O=S(=O)([O-])O.O=S(O)O.[Na+]. The number of hydrogen-bond acceptors (Lipinski definition) is 4. The molecule has 0 radical (unpaired) electrons. The smallest absolute Gasteiger partial charge is 0.726 e. The van der Waals surface area contributed by atoms with Crippen molar-refractivity contribution in [1.29, 1.82) is 0 Å². The molecule has 10 heteroatoms. The molecule has 10 heavy (non-hydrogen) atoms. The van der Waals surface area contributed by atoms with Crippen molar-refractivity contribution in [2.75, 3.05) is 0 Å². The Labute approximate surface area is 81.8 Å². The van der Waals surface area contributed by atoms with E-state index >= 15 is 0 Å². The molecule has 58 valence electrons. The molecule has 0 aromatic heterocycles. The van der Waals surface area contributed by atoms with Gasteiger partial charge in [0.1, 0.15) is 0 Å². The first-order valence-corrected chi connectivity index (χ1v) is 3.64. The van der Waals surface area contributed by atoms with Gasteiger partial charge in [0.25, 0.3) is 11.4 Å². The Morgan fingerprint density at radius 3 is 1.30 bits per heavy atom. The van der Waals surface area contributed by atoms with Crippen LogP contribution in [-0.2, 0) is 21.8 Å². The zero-order valence-electron chi connectivity index (χ0n) is 4.79. The zero-order chi connectivity index (χ0) is 8.08. The minimum Gasteiger partial charge on any atom is -0.726 e. The quantitative estimate of drug-likeness (QED) is 0.156. The molecule has 0 aliphatic carbocycles. The van der Waals surface area contributed by atoms with Crippen LogP contribution >= 0.6 is 0 Å². The molecule has 0 rings (SSSR count). The van der Waals surface area contributed by atoms with E-state index in [0.717, 1.165) is 0 Å². The van der Waals surface area contributed by atoms with Crippen molar-refractivity contribution in [1.82, 2.24) is 0 Å². The molecule has 0 aromatic rings. The largest absolute Gasteiger partial charge is 1.00 e. The molecular weight excluding hydrogens is 199 g/mol. The van der Waals surface area contributed by atoms with E-state index in [9.17, 15) is 0 Å². The van der Waals surface area contributed by atoms with E-state index in [1.165, 1.54) is 0 Å². The number of hydrogen-bond donors (Lipinski definition) is 3. The maximum absolute atomic E-state index is 8.67. The van der Waals surface area contributed by atoms with E-state index in [2.05, 4.69) is 0 Å². The van der Waals surface area contributed by atoms with E-state index in [-0.39, 0.29) is 29.6 Å². The van der Waals surface area contributed by atoms with Gasteiger partial charge in [-0.2, -0.15) is 4.21 Å². The average molecular weight is 202 g/mol. The van der Waals surface area contributed by atoms with Crippen molar-refractivity contribution < 1.29 is 60.4 Å². The predicted molar refractivity (Wildman–Crippen MR) is 25.7 cm³/mol. The van der Waals surface area contributed by atoms with Gasteiger partial charge in [-0.05, 0) is 0 Å². The van der Waals surface area contributed by atoms with Crippen LogP contribution in [0.5, 0.6) is 0 Å². The normalized spacial score (nSPS) is 9.30. The molecular formula is H3NaO7S2. The van der Waals surface area contributed by atoms with E-state index < -0.39 is 21.8 Å². The summed E-state index contributed by atoms with van der Waals surface area (Å²) in [6, 6.07) is 0. The maximum Gasteiger partial charge on any atom is 1.00 e. The van der Waals surface area contributed by atoms with Crippen molar-refractivity contribution in [3.05, 3.63) is 0 Å². The van der Waals surface area contributed by atoms with Gasteiger partial charge in [0.05, 0.1) is 0 Å². The molecule has 0 saturated heterocycles. The average Bonchev–Trinajstić information content (AvgIpc) is 1.19. The van der Waals surface area contributed by atoms with Crippen LogP contribution in [0, 0.1) is 0 Å². The van der Waals surface area contributed by atoms with Crippen LogP contribution in [0.2, 0.25) is 0 Å². The van der Waals surface area contributed by atoms with Crippen molar-refractivity contribution in [2.45, 2.75) is 0 Å². The molecule has 0 saturated carbocycles. The second-order valence-corrected chi connectivity index (χ2v) is 1.98. The maximum atomic E-state index is 8.67. The third-order valence-corrected chi connectivity index (χ3v) is 0. The molecule has 0 aliphatic heterocycles. The first-order valence-electron chi connectivity index (χ1n) is 1.21. The third kappa shape index (κ3) is 638.